The molecule has 172 valence electrons. The van der Waals surface area contributed by atoms with Gasteiger partial charge in [0.1, 0.15) is 6.54 Å². The number of anilines is 1. The van der Waals surface area contributed by atoms with Gasteiger partial charge < -0.3 is 20.0 Å². The summed E-state index contributed by atoms with van der Waals surface area (Å²) in [5.41, 5.74) is 3.07. The monoisotopic (exact) mass is 551 g/mol. The summed E-state index contributed by atoms with van der Waals surface area (Å²) >= 11 is 0. The van der Waals surface area contributed by atoms with E-state index in [4.69, 9.17) is 0 Å². The molecule has 2 aliphatic heterocycles. The molecule has 0 radical (unpaired) electrons. The van der Waals surface area contributed by atoms with Crippen molar-refractivity contribution in [2.45, 2.75) is 25.9 Å². The van der Waals surface area contributed by atoms with Gasteiger partial charge in [-0.25, -0.2) is 0 Å². The number of amides is 2. The second-order valence-electron chi connectivity index (χ2n) is 7.98. The molecule has 1 aromatic carbocycles. The second-order valence-corrected chi connectivity index (χ2v) is 7.98. The van der Waals surface area contributed by atoms with Gasteiger partial charge in [0.05, 0.1) is 11.9 Å². The number of hydrogen-bond donors (Lipinski definition) is 1. The summed E-state index contributed by atoms with van der Waals surface area (Å²) in [6.45, 7) is 3.65. The number of rotatable bonds is 5. The van der Waals surface area contributed by atoms with Gasteiger partial charge >= 0.3 is 0 Å². The lowest BCUT2D eigenvalue weighted by Crippen LogP contribution is -2.55. The smallest absolute Gasteiger partial charge is 0.246 e. The SMILES string of the molecule is CN=C(NCc1cccc(CN2CCCC2=O)c1)N1CCN(c2cnn(C)c2)C(=O)C1.I. The molecule has 1 N–H and O–H groups in total. The van der Waals surface area contributed by atoms with Crippen molar-refractivity contribution in [3.63, 3.8) is 0 Å². The molecule has 0 saturated carbocycles. The molecule has 0 unspecified atom stereocenters. The average Bonchev–Trinajstić information content (AvgIpc) is 3.37. The maximum absolute atomic E-state index is 12.7. The lowest BCUT2D eigenvalue weighted by Gasteiger charge is -2.35. The quantitative estimate of drug-likeness (QED) is 0.347. The van der Waals surface area contributed by atoms with Gasteiger partial charge in [0.25, 0.3) is 0 Å². The van der Waals surface area contributed by atoms with Crippen LogP contribution in [0.15, 0.2) is 41.7 Å². The highest BCUT2D eigenvalue weighted by Crippen LogP contribution is 2.17. The van der Waals surface area contributed by atoms with Crippen LogP contribution in [0.4, 0.5) is 5.69 Å². The zero-order valence-electron chi connectivity index (χ0n) is 18.5. The van der Waals surface area contributed by atoms with E-state index in [2.05, 4.69) is 33.6 Å². The van der Waals surface area contributed by atoms with Crippen LogP contribution in [-0.4, -0.2) is 70.6 Å². The van der Waals surface area contributed by atoms with Gasteiger partial charge in [-0.1, -0.05) is 24.3 Å². The van der Waals surface area contributed by atoms with E-state index in [-0.39, 0.29) is 42.3 Å². The lowest BCUT2D eigenvalue weighted by molar-refractivity contribution is -0.128. The van der Waals surface area contributed by atoms with Crippen LogP contribution in [0.5, 0.6) is 0 Å². The van der Waals surface area contributed by atoms with Crippen LogP contribution in [-0.2, 0) is 29.7 Å². The van der Waals surface area contributed by atoms with Gasteiger partial charge in [0, 0.05) is 59.4 Å². The molecule has 2 saturated heterocycles. The molecule has 0 spiro atoms. The van der Waals surface area contributed by atoms with E-state index in [0.717, 1.165) is 29.8 Å². The molecule has 0 bridgehead atoms. The van der Waals surface area contributed by atoms with Crippen molar-refractivity contribution in [3.8, 4) is 0 Å². The third-order valence-corrected chi connectivity index (χ3v) is 5.72. The van der Waals surface area contributed by atoms with Crippen molar-refractivity contribution in [2.24, 2.45) is 12.0 Å². The van der Waals surface area contributed by atoms with Crippen LogP contribution < -0.4 is 10.2 Å². The van der Waals surface area contributed by atoms with Crippen LogP contribution in [0, 0.1) is 0 Å². The topological polar surface area (TPSA) is 86.1 Å². The second kappa shape index (κ2) is 10.8. The summed E-state index contributed by atoms with van der Waals surface area (Å²) in [6.07, 6.45) is 5.17. The fraction of sp³-hybridized carbons (Fsp3) is 0.455. The number of likely N-dealkylation sites (tertiary alicyclic amines) is 1. The first-order valence-electron chi connectivity index (χ1n) is 10.6. The predicted octanol–water partition coefficient (Wildman–Crippen LogP) is 1.58. The summed E-state index contributed by atoms with van der Waals surface area (Å²) in [5.74, 6) is 0.970. The van der Waals surface area contributed by atoms with Crippen LogP contribution in [0.25, 0.3) is 0 Å². The highest BCUT2D eigenvalue weighted by molar-refractivity contribution is 14.0. The van der Waals surface area contributed by atoms with E-state index in [1.54, 1.807) is 22.8 Å². The van der Waals surface area contributed by atoms with Crippen molar-refractivity contribution < 1.29 is 9.59 Å². The van der Waals surface area contributed by atoms with Gasteiger partial charge in [-0.3, -0.25) is 19.3 Å². The fourth-order valence-electron chi connectivity index (χ4n) is 4.12. The van der Waals surface area contributed by atoms with Gasteiger partial charge in [-0.2, -0.15) is 5.10 Å². The Morgan fingerprint density at radius 3 is 2.62 bits per heavy atom. The molecule has 2 amide bonds. The van der Waals surface area contributed by atoms with E-state index in [1.165, 1.54) is 0 Å². The van der Waals surface area contributed by atoms with Gasteiger partial charge in [0.2, 0.25) is 11.8 Å². The molecule has 3 heterocycles. The minimum Gasteiger partial charge on any atom is -0.352 e. The molecule has 1 aromatic heterocycles. The van der Waals surface area contributed by atoms with Gasteiger partial charge in [-0.15, -0.1) is 24.0 Å². The minimum atomic E-state index is 0. The Bertz CT molecular complexity index is 990. The Hall–Kier alpha value is -2.63. The number of piperazine rings is 1. The standard InChI is InChI=1S/C22H29N7O2.HI/c1-23-22(28-9-10-29(21(31)16-28)19-13-25-26(2)15-19)24-12-17-5-3-6-18(11-17)14-27-8-4-7-20(27)30;/h3,5-6,11,13,15H,4,7-10,12,14,16H2,1-2H3,(H,23,24);1H. The number of benzene rings is 1. The zero-order chi connectivity index (χ0) is 21.8. The summed E-state index contributed by atoms with van der Waals surface area (Å²) in [5, 5.41) is 7.53. The van der Waals surface area contributed by atoms with E-state index in [0.29, 0.717) is 38.6 Å². The summed E-state index contributed by atoms with van der Waals surface area (Å²) < 4.78 is 1.70. The normalized spacial score (nSPS) is 17.1. The Balaban J connectivity index is 0.00000289. The highest BCUT2D eigenvalue weighted by Gasteiger charge is 2.27. The largest absolute Gasteiger partial charge is 0.352 e. The number of nitrogens with zero attached hydrogens (tertiary/aromatic N) is 6. The summed E-state index contributed by atoms with van der Waals surface area (Å²) in [6, 6.07) is 8.25. The molecule has 0 atom stereocenters. The van der Waals surface area contributed by atoms with Crippen molar-refractivity contribution in [2.75, 3.05) is 38.1 Å². The zero-order valence-corrected chi connectivity index (χ0v) is 20.9. The molecule has 2 aromatic rings. The molecule has 0 aliphatic carbocycles. The van der Waals surface area contributed by atoms with Crippen molar-refractivity contribution in [1.29, 1.82) is 0 Å². The average molecular weight is 551 g/mol. The van der Waals surface area contributed by atoms with E-state index >= 15 is 0 Å². The van der Waals surface area contributed by atoms with E-state index in [9.17, 15) is 9.59 Å². The summed E-state index contributed by atoms with van der Waals surface area (Å²) in [7, 11) is 3.57. The van der Waals surface area contributed by atoms with Crippen molar-refractivity contribution in [3.05, 3.63) is 47.8 Å². The Labute approximate surface area is 205 Å². The number of nitrogens with one attached hydrogen (secondary N) is 1. The predicted molar refractivity (Wildman–Crippen MR) is 134 cm³/mol. The number of carbonyl (C=O) groups excluding carboxylic acids is 2. The number of halogens is 1. The van der Waals surface area contributed by atoms with Crippen LogP contribution in [0.2, 0.25) is 0 Å². The van der Waals surface area contributed by atoms with Crippen LogP contribution in [0.3, 0.4) is 0 Å². The number of hydrogen-bond acceptors (Lipinski definition) is 4. The first-order chi connectivity index (χ1) is 15.0. The molecule has 9 nitrogen and oxygen atoms in total. The fourth-order valence-corrected chi connectivity index (χ4v) is 4.12. The molecular formula is C22H30IN7O2. The highest BCUT2D eigenvalue weighted by atomic mass is 127. The number of aliphatic imine (C=N–C) groups is 1. The number of carbonyl (C=O) groups is 2. The van der Waals surface area contributed by atoms with Crippen molar-refractivity contribution in [1.82, 2.24) is 24.9 Å². The number of aryl methyl sites for hydroxylation is 1. The van der Waals surface area contributed by atoms with Crippen LogP contribution >= 0.6 is 24.0 Å². The molecule has 4 rings (SSSR count). The third kappa shape index (κ3) is 5.59. The molecular weight excluding hydrogens is 521 g/mol. The van der Waals surface area contributed by atoms with E-state index in [1.807, 2.05) is 29.1 Å². The van der Waals surface area contributed by atoms with E-state index < -0.39 is 0 Å². The first-order valence-corrected chi connectivity index (χ1v) is 10.6. The first kappa shape index (κ1) is 24.0. The summed E-state index contributed by atoms with van der Waals surface area (Å²) in [4.78, 5) is 34.6. The van der Waals surface area contributed by atoms with Crippen molar-refractivity contribution >= 4 is 47.4 Å². The number of guanidine groups is 1. The molecule has 2 fully saturated rings. The Kier molecular flexibility index (Phi) is 8.10. The van der Waals surface area contributed by atoms with Crippen LogP contribution in [0.1, 0.15) is 24.0 Å². The molecule has 2 aliphatic rings. The van der Waals surface area contributed by atoms with Gasteiger partial charge in [0.15, 0.2) is 5.96 Å². The lowest BCUT2D eigenvalue weighted by atomic mass is 10.1. The molecule has 32 heavy (non-hydrogen) atoms. The third-order valence-electron chi connectivity index (χ3n) is 5.72. The Morgan fingerprint density at radius 1 is 1.16 bits per heavy atom. The minimum absolute atomic E-state index is 0. The van der Waals surface area contributed by atoms with Gasteiger partial charge in [-0.05, 0) is 17.5 Å². The molecule has 10 heteroatoms. The maximum atomic E-state index is 12.7. The Morgan fingerprint density at radius 2 is 1.97 bits per heavy atom. The number of aromatic nitrogens is 2. The maximum Gasteiger partial charge on any atom is 0.246 e.